The van der Waals surface area contributed by atoms with Crippen LogP contribution < -0.4 is 4.74 Å². The summed E-state index contributed by atoms with van der Waals surface area (Å²) in [6, 6.07) is 5.36. The highest BCUT2D eigenvalue weighted by atomic mass is 35.5. The van der Waals surface area contributed by atoms with E-state index in [4.69, 9.17) is 21.4 Å². The summed E-state index contributed by atoms with van der Waals surface area (Å²) in [5.74, 6) is -1.09. The predicted molar refractivity (Wildman–Crippen MR) is 74.1 cm³/mol. The van der Waals surface area contributed by atoms with Crippen molar-refractivity contribution >= 4 is 23.3 Å². The van der Waals surface area contributed by atoms with Crippen LogP contribution in [0.15, 0.2) is 30.5 Å². The van der Waals surface area contributed by atoms with Crippen molar-refractivity contribution in [2.75, 3.05) is 0 Å². The van der Waals surface area contributed by atoms with E-state index >= 15 is 0 Å². The largest absolute Gasteiger partial charge is 0.478 e. The minimum absolute atomic E-state index is 0.0134. The zero-order valence-corrected chi connectivity index (χ0v) is 11.5. The number of pyridine rings is 1. The molecular weight excluding hydrogens is 300 g/mol. The number of ether oxygens (including phenoxy) is 1. The Kier molecular flexibility index (Phi) is 4.04. The van der Waals surface area contributed by atoms with E-state index in [2.05, 4.69) is 4.98 Å². The molecule has 7 nitrogen and oxygen atoms in total. The van der Waals surface area contributed by atoms with Crippen LogP contribution in [0.25, 0.3) is 0 Å². The number of carbonyl (C=O) groups is 1. The normalized spacial score (nSPS) is 10.2. The molecule has 8 heteroatoms. The molecule has 0 bridgehead atoms. The second-order valence-electron chi connectivity index (χ2n) is 4.12. The van der Waals surface area contributed by atoms with E-state index in [1.165, 1.54) is 24.3 Å². The van der Waals surface area contributed by atoms with Crippen LogP contribution in [0.5, 0.6) is 11.6 Å². The summed E-state index contributed by atoms with van der Waals surface area (Å²) in [4.78, 5) is 25.0. The van der Waals surface area contributed by atoms with Gasteiger partial charge in [-0.3, -0.25) is 10.1 Å². The molecule has 0 aliphatic carbocycles. The second-order valence-corrected chi connectivity index (χ2v) is 4.56. The van der Waals surface area contributed by atoms with E-state index < -0.39 is 10.9 Å². The van der Waals surface area contributed by atoms with Crippen LogP contribution in [0.1, 0.15) is 15.9 Å². The van der Waals surface area contributed by atoms with Crippen molar-refractivity contribution in [3.8, 4) is 11.6 Å². The standard InChI is InChI=1S/C13H9ClN2O5/c1-7-4-9(16(19)20)6-15-12(7)21-11-5-8(14)2-3-10(11)13(17)18/h2-6H,1H3,(H,17,18). The Labute approximate surface area is 123 Å². The minimum atomic E-state index is -1.18. The first-order chi connectivity index (χ1) is 9.88. The van der Waals surface area contributed by atoms with Crippen molar-refractivity contribution in [2.45, 2.75) is 6.92 Å². The minimum Gasteiger partial charge on any atom is -0.478 e. The summed E-state index contributed by atoms with van der Waals surface area (Å²) in [6.45, 7) is 1.57. The highest BCUT2D eigenvalue weighted by Crippen LogP contribution is 2.30. The Bertz CT molecular complexity index is 732. The number of aromatic nitrogens is 1. The lowest BCUT2D eigenvalue weighted by Gasteiger charge is -2.10. The Morgan fingerprint density at radius 1 is 1.43 bits per heavy atom. The average Bonchev–Trinajstić information content (AvgIpc) is 2.40. The molecule has 0 amide bonds. The molecule has 1 aromatic heterocycles. The summed E-state index contributed by atoms with van der Waals surface area (Å²) in [6.07, 6.45) is 1.04. The number of aromatic carboxylic acids is 1. The highest BCUT2D eigenvalue weighted by Gasteiger charge is 2.16. The molecule has 0 atom stereocenters. The zero-order valence-electron chi connectivity index (χ0n) is 10.7. The van der Waals surface area contributed by atoms with Crippen molar-refractivity contribution in [1.29, 1.82) is 0 Å². The number of carboxylic acid groups (broad SMARTS) is 1. The molecule has 2 rings (SSSR count). The monoisotopic (exact) mass is 308 g/mol. The number of halogens is 1. The Morgan fingerprint density at radius 3 is 2.71 bits per heavy atom. The van der Waals surface area contributed by atoms with Gasteiger partial charge in [-0.25, -0.2) is 9.78 Å². The molecule has 0 spiro atoms. The van der Waals surface area contributed by atoms with Gasteiger partial charge in [-0.1, -0.05) is 11.6 Å². The SMILES string of the molecule is Cc1cc([N+](=O)[O-])cnc1Oc1cc(Cl)ccc1C(=O)O. The molecule has 0 aliphatic rings. The first-order valence-electron chi connectivity index (χ1n) is 5.70. The topological polar surface area (TPSA) is 103 Å². The van der Waals surface area contributed by atoms with Crippen molar-refractivity contribution in [1.82, 2.24) is 4.98 Å². The number of rotatable bonds is 4. The maximum absolute atomic E-state index is 11.1. The van der Waals surface area contributed by atoms with Crippen molar-refractivity contribution in [3.63, 3.8) is 0 Å². The Hall–Kier alpha value is -2.67. The Morgan fingerprint density at radius 2 is 2.14 bits per heavy atom. The first kappa shape index (κ1) is 14.7. The summed E-state index contributed by atoms with van der Waals surface area (Å²) < 4.78 is 5.42. The third-order valence-corrected chi connectivity index (χ3v) is 2.84. The van der Waals surface area contributed by atoms with Crippen LogP contribution in [0, 0.1) is 17.0 Å². The third-order valence-electron chi connectivity index (χ3n) is 2.61. The van der Waals surface area contributed by atoms with Crippen LogP contribution in [0.4, 0.5) is 5.69 Å². The molecule has 0 radical (unpaired) electrons. The molecular formula is C13H9ClN2O5. The maximum Gasteiger partial charge on any atom is 0.339 e. The van der Waals surface area contributed by atoms with Gasteiger partial charge in [0.1, 0.15) is 17.5 Å². The Balaban J connectivity index is 2.40. The maximum atomic E-state index is 11.1. The van der Waals surface area contributed by atoms with E-state index in [-0.39, 0.29) is 22.9 Å². The van der Waals surface area contributed by atoms with Gasteiger partial charge in [0.05, 0.1) is 4.92 Å². The fourth-order valence-electron chi connectivity index (χ4n) is 1.62. The quantitative estimate of drug-likeness (QED) is 0.685. The predicted octanol–water partition coefficient (Wildman–Crippen LogP) is 3.44. The molecule has 0 unspecified atom stereocenters. The molecule has 0 saturated heterocycles. The molecule has 108 valence electrons. The van der Waals surface area contributed by atoms with Gasteiger partial charge in [0.2, 0.25) is 5.88 Å². The van der Waals surface area contributed by atoms with Gasteiger partial charge in [-0.2, -0.15) is 0 Å². The number of nitro groups is 1. The van der Waals surface area contributed by atoms with Crippen LogP contribution in [-0.4, -0.2) is 21.0 Å². The number of hydrogen-bond donors (Lipinski definition) is 1. The van der Waals surface area contributed by atoms with Gasteiger partial charge in [0.15, 0.2) is 0 Å². The van der Waals surface area contributed by atoms with Gasteiger partial charge in [-0.05, 0) is 19.1 Å². The van der Waals surface area contributed by atoms with Gasteiger partial charge < -0.3 is 9.84 Å². The number of aryl methyl sites for hydroxylation is 1. The van der Waals surface area contributed by atoms with Crippen LogP contribution in [0.3, 0.4) is 0 Å². The van der Waals surface area contributed by atoms with E-state index in [0.717, 1.165) is 6.20 Å². The molecule has 0 saturated carbocycles. The molecule has 0 aliphatic heterocycles. The van der Waals surface area contributed by atoms with Gasteiger partial charge in [-0.15, -0.1) is 0 Å². The van der Waals surface area contributed by atoms with Crippen molar-refractivity contribution < 1.29 is 19.6 Å². The zero-order chi connectivity index (χ0) is 15.6. The fraction of sp³-hybridized carbons (Fsp3) is 0.0769. The molecule has 1 heterocycles. The van der Waals surface area contributed by atoms with Gasteiger partial charge in [0.25, 0.3) is 5.69 Å². The van der Waals surface area contributed by atoms with Gasteiger partial charge in [0, 0.05) is 22.7 Å². The van der Waals surface area contributed by atoms with Crippen LogP contribution in [0.2, 0.25) is 5.02 Å². The third kappa shape index (κ3) is 3.26. The summed E-state index contributed by atoms with van der Waals surface area (Å²) in [5.41, 5.74) is 0.142. The van der Waals surface area contributed by atoms with Crippen LogP contribution in [-0.2, 0) is 0 Å². The van der Waals surface area contributed by atoms with E-state index in [0.29, 0.717) is 10.6 Å². The lowest BCUT2D eigenvalue weighted by molar-refractivity contribution is -0.385. The van der Waals surface area contributed by atoms with Crippen LogP contribution >= 0.6 is 11.6 Å². The molecule has 21 heavy (non-hydrogen) atoms. The molecule has 1 aromatic carbocycles. The summed E-state index contributed by atoms with van der Waals surface area (Å²) >= 11 is 5.81. The van der Waals surface area contributed by atoms with E-state index in [1.54, 1.807) is 6.92 Å². The molecule has 0 fully saturated rings. The highest BCUT2D eigenvalue weighted by molar-refractivity contribution is 6.30. The lowest BCUT2D eigenvalue weighted by Crippen LogP contribution is -2.01. The first-order valence-corrected chi connectivity index (χ1v) is 6.08. The van der Waals surface area contributed by atoms with Crippen molar-refractivity contribution in [3.05, 3.63) is 56.7 Å². The number of benzene rings is 1. The summed E-state index contributed by atoms with van der Waals surface area (Å²) in [5, 5.41) is 20.0. The lowest BCUT2D eigenvalue weighted by atomic mass is 10.2. The molecule has 1 N–H and O–H groups in total. The number of nitrogens with zero attached hydrogens (tertiary/aromatic N) is 2. The van der Waals surface area contributed by atoms with E-state index in [9.17, 15) is 14.9 Å². The second kappa shape index (κ2) is 5.76. The average molecular weight is 309 g/mol. The summed E-state index contributed by atoms with van der Waals surface area (Å²) in [7, 11) is 0. The number of hydrogen-bond acceptors (Lipinski definition) is 5. The van der Waals surface area contributed by atoms with Gasteiger partial charge >= 0.3 is 5.97 Å². The van der Waals surface area contributed by atoms with Crippen molar-refractivity contribution in [2.24, 2.45) is 0 Å². The smallest absolute Gasteiger partial charge is 0.339 e. The van der Waals surface area contributed by atoms with E-state index in [1.807, 2.05) is 0 Å². The molecule has 2 aromatic rings. The fourth-order valence-corrected chi connectivity index (χ4v) is 1.78. The number of carboxylic acids is 1.